The van der Waals surface area contributed by atoms with Crippen LogP contribution in [0.2, 0.25) is 0 Å². The van der Waals surface area contributed by atoms with Gasteiger partial charge in [-0.05, 0) is 42.3 Å². The number of nitrogens with zero attached hydrogens (tertiary/aromatic N) is 3. The molecule has 29 heavy (non-hydrogen) atoms. The summed E-state index contributed by atoms with van der Waals surface area (Å²) in [6.45, 7) is 2.00. The summed E-state index contributed by atoms with van der Waals surface area (Å²) in [4.78, 5) is 17.9. The van der Waals surface area contributed by atoms with Gasteiger partial charge in [-0.2, -0.15) is 9.78 Å². The Bertz CT molecular complexity index is 1410. The van der Waals surface area contributed by atoms with E-state index in [1.807, 2.05) is 79.7 Å². The minimum absolute atomic E-state index is 0.240. The van der Waals surface area contributed by atoms with Gasteiger partial charge >= 0.3 is 0 Å². The van der Waals surface area contributed by atoms with Gasteiger partial charge in [0.2, 0.25) is 5.82 Å². The first-order chi connectivity index (χ1) is 14.2. The fourth-order valence-electron chi connectivity index (χ4n) is 3.33. The molecule has 5 aromatic rings. The van der Waals surface area contributed by atoms with E-state index in [1.165, 1.54) is 4.68 Å². The lowest BCUT2D eigenvalue weighted by molar-refractivity contribution is 0.616. The quantitative estimate of drug-likeness (QED) is 0.415. The topological polar surface area (TPSA) is 60.4 Å². The second-order valence-electron chi connectivity index (χ2n) is 6.82. The summed E-state index contributed by atoms with van der Waals surface area (Å²) < 4.78 is 7.29. The molecule has 0 N–H and O–H groups in total. The van der Waals surface area contributed by atoms with Crippen LogP contribution in [-0.4, -0.2) is 15.9 Å². The van der Waals surface area contributed by atoms with Crippen molar-refractivity contribution in [3.05, 3.63) is 100 Å². The Hall–Kier alpha value is -3.99. The summed E-state index contributed by atoms with van der Waals surface area (Å²) in [5, 5.41) is 5.94. The lowest BCUT2D eigenvalue weighted by Gasteiger charge is -2.07. The molecule has 3 aromatic carbocycles. The maximum absolute atomic E-state index is 13.2. The van der Waals surface area contributed by atoms with Crippen LogP contribution in [-0.2, 0) is 0 Å². The van der Waals surface area contributed by atoms with Gasteiger partial charge in [-0.1, -0.05) is 54.6 Å². The van der Waals surface area contributed by atoms with E-state index in [0.29, 0.717) is 22.5 Å². The standard InChI is InChI=1S/C24H17N3O2/c1-16-8-2-3-10-18(16)15-25-27-23(22-14-17-9-4-7-13-21(17)29-22)26-20-12-6-5-11-19(20)24(27)28/h2-15H,1H3. The monoisotopic (exact) mass is 379 g/mol. The Kier molecular flexibility index (Phi) is 4.06. The molecule has 0 saturated heterocycles. The number of rotatable bonds is 3. The first-order valence-corrected chi connectivity index (χ1v) is 9.31. The van der Waals surface area contributed by atoms with Crippen molar-refractivity contribution in [2.45, 2.75) is 6.92 Å². The number of aryl methyl sites for hydroxylation is 1. The molecule has 5 rings (SSSR count). The van der Waals surface area contributed by atoms with Gasteiger partial charge in [0.05, 0.1) is 17.1 Å². The van der Waals surface area contributed by atoms with Crippen LogP contribution in [0.5, 0.6) is 0 Å². The lowest BCUT2D eigenvalue weighted by Crippen LogP contribution is -2.20. The molecule has 0 bridgehead atoms. The Morgan fingerprint density at radius 2 is 1.72 bits per heavy atom. The third-order valence-corrected chi connectivity index (χ3v) is 4.90. The molecule has 5 nitrogen and oxygen atoms in total. The van der Waals surface area contributed by atoms with E-state index in [0.717, 1.165) is 22.1 Å². The Morgan fingerprint density at radius 1 is 0.966 bits per heavy atom. The van der Waals surface area contributed by atoms with Crippen molar-refractivity contribution in [2.24, 2.45) is 5.10 Å². The van der Waals surface area contributed by atoms with Crippen LogP contribution in [0.15, 0.2) is 93.2 Å². The number of aromatic nitrogens is 2. The predicted molar refractivity (Wildman–Crippen MR) is 115 cm³/mol. The molecule has 0 radical (unpaired) electrons. The highest BCUT2D eigenvalue weighted by Gasteiger charge is 2.16. The molecule has 0 spiro atoms. The van der Waals surface area contributed by atoms with Crippen LogP contribution in [0.3, 0.4) is 0 Å². The second-order valence-corrected chi connectivity index (χ2v) is 6.82. The van der Waals surface area contributed by atoms with Crippen LogP contribution in [0, 0.1) is 6.92 Å². The summed E-state index contributed by atoms with van der Waals surface area (Å²) in [7, 11) is 0. The molecule has 0 fully saturated rings. The fourth-order valence-corrected chi connectivity index (χ4v) is 3.33. The summed E-state index contributed by atoms with van der Waals surface area (Å²) >= 11 is 0. The Labute approximate surface area is 166 Å². The van der Waals surface area contributed by atoms with Gasteiger partial charge in [0.15, 0.2) is 5.76 Å². The second kappa shape index (κ2) is 6.87. The van der Waals surface area contributed by atoms with Gasteiger partial charge in [0, 0.05) is 5.39 Å². The minimum Gasteiger partial charge on any atom is -0.453 e. The van der Waals surface area contributed by atoms with E-state index in [9.17, 15) is 4.79 Å². The third kappa shape index (κ3) is 3.02. The highest BCUT2D eigenvalue weighted by Crippen LogP contribution is 2.27. The molecule has 2 heterocycles. The number of furan rings is 1. The SMILES string of the molecule is Cc1ccccc1C=Nn1c(-c2cc3ccccc3o2)nc2ccccc2c1=O. The zero-order valence-electron chi connectivity index (χ0n) is 15.7. The molecule has 0 amide bonds. The zero-order valence-corrected chi connectivity index (χ0v) is 15.7. The number of benzene rings is 3. The van der Waals surface area contributed by atoms with Gasteiger partial charge in [-0.25, -0.2) is 4.98 Å². The average molecular weight is 379 g/mol. The summed E-state index contributed by atoms with van der Waals surface area (Å²) in [5.41, 5.74) is 3.11. The molecule has 5 heteroatoms. The maximum atomic E-state index is 13.2. The van der Waals surface area contributed by atoms with Crippen LogP contribution in [0.4, 0.5) is 0 Å². The van der Waals surface area contributed by atoms with Crippen LogP contribution in [0.25, 0.3) is 33.5 Å². The van der Waals surface area contributed by atoms with E-state index in [1.54, 1.807) is 12.3 Å². The zero-order chi connectivity index (χ0) is 19.8. The number of hydrogen-bond donors (Lipinski definition) is 0. The van der Waals surface area contributed by atoms with E-state index in [2.05, 4.69) is 5.10 Å². The molecule has 0 aliphatic carbocycles. The Morgan fingerprint density at radius 3 is 2.59 bits per heavy atom. The highest BCUT2D eigenvalue weighted by molar-refractivity contribution is 5.85. The molecule has 0 aliphatic heterocycles. The molecular weight excluding hydrogens is 362 g/mol. The van der Waals surface area contributed by atoms with Gasteiger partial charge in [-0.15, -0.1) is 0 Å². The molecule has 140 valence electrons. The van der Waals surface area contributed by atoms with E-state index >= 15 is 0 Å². The number of fused-ring (bicyclic) bond motifs is 2. The number of para-hydroxylation sites is 2. The van der Waals surface area contributed by atoms with Gasteiger partial charge in [-0.3, -0.25) is 4.79 Å². The van der Waals surface area contributed by atoms with Crippen molar-refractivity contribution in [1.29, 1.82) is 0 Å². The summed E-state index contributed by atoms with van der Waals surface area (Å²) in [5.74, 6) is 0.866. The fraction of sp³-hybridized carbons (Fsp3) is 0.0417. The van der Waals surface area contributed by atoms with Crippen molar-refractivity contribution in [2.75, 3.05) is 0 Å². The summed E-state index contributed by atoms with van der Waals surface area (Å²) in [6.07, 6.45) is 1.68. The molecule has 2 aromatic heterocycles. The van der Waals surface area contributed by atoms with Gasteiger partial charge < -0.3 is 4.42 Å². The molecule has 0 saturated carbocycles. The first kappa shape index (κ1) is 17.1. The average Bonchev–Trinajstić information content (AvgIpc) is 3.18. The normalized spacial score (nSPS) is 11.6. The smallest absolute Gasteiger partial charge is 0.282 e. The largest absolute Gasteiger partial charge is 0.453 e. The Balaban J connectivity index is 1.76. The molecular formula is C24H17N3O2. The third-order valence-electron chi connectivity index (χ3n) is 4.90. The van der Waals surface area contributed by atoms with Crippen molar-refractivity contribution >= 4 is 28.1 Å². The van der Waals surface area contributed by atoms with Crippen LogP contribution < -0.4 is 5.56 Å². The minimum atomic E-state index is -0.240. The maximum Gasteiger partial charge on any atom is 0.282 e. The van der Waals surface area contributed by atoms with Crippen molar-refractivity contribution in [1.82, 2.24) is 9.66 Å². The van der Waals surface area contributed by atoms with Gasteiger partial charge in [0.1, 0.15) is 5.58 Å². The molecule has 0 atom stereocenters. The van der Waals surface area contributed by atoms with Crippen molar-refractivity contribution in [3.63, 3.8) is 0 Å². The highest BCUT2D eigenvalue weighted by atomic mass is 16.3. The van der Waals surface area contributed by atoms with Crippen LogP contribution >= 0.6 is 0 Å². The van der Waals surface area contributed by atoms with Crippen LogP contribution in [0.1, 0.15) is 11.1 Å². The van der Waals surface area contributed by atoms with Crippen molar-refractivity contribution in [3.8, 4) is 11.6 Å². The van der Waals surface area contributed by atoms with Gasteiger partial charge in [0.25, 0.3) is 5.56 Å². The summed E-state index contributed by atoms with van der Waals surface area (Å²) in [6, 6.07) is 24.7. The first-order valence-electron chi connectivity index (χ1n) is 9.31. The molecule has 0 unspecified atom stereocenters. The molecule has 0 aliphatic rings. The number of hydrogen-bond acceptors (Lipinski definition) is 4. The van der Waals surface area contributed by atoms with E-state index in [4.69, 9.17) is 9.40 Å². The van der Waals surface area contributed by atoms with E-state index in [-0.39, 0.29) is 5.56 Å². The van der Waals surface area contributed by atoms with Crippen molar-refractivity contribution < 1.29 is 4.42 Å². The predicted octanol–water partition coefficient (Wildman–Crippen LogP) is 5.00. The van der Waals surface area contributed by atoms with E-state index < -0.39 is 0 Å². The lowest BCUT2D eigenvalue weighted by atomic mass is 10.1.